The molecule has 6 nitrogen and oxygen atoms in total. The SMILES string of the molecule is CCOc1cc2c(cc1CNC(=NC)NCCn1cccc1)OC(C)C2.I. The smallest absolute Gasteiger partial charge is 0.191 e. The van der Waals surface area contributed by atoms with E-state index in [-0.39, 0.29) is 30.1 Å². The molecule has 0 amide bonds. The predicted octanol–water partition coefficient (Wildman–Crippen LogP) is 3.19. The van der Waals surface area contributed by atoms with Crippen LogP contribution in [0.4, 0.5) is 0 Å². The predicted molar refractivity (Wildman–Crippen MR) is 119 cm³/mol. The fourth-order valence-electron chi connectivity index (χ4n) is 3.13. The van der Waals surface area contributed by atoms with Gasteiger partial charge >= 0.3 is 0 Å². The minimum absolute atomic E-state index is 0. The van der Waals surface area contributed by atoms with Crippen molar-refractivity contribution in [2.24, 2.45) is 4.99 Å². The molecule has 0 saturated heterocycles. The average Bonchev–Trinajstić information content (AvgIpc) is 3.26. The second kappa shape index (κ2) is 10.4. The number of aliphatic imine (C=N–C) groups is 1. The summed E-state index contributed by atoms with van der Waals surface area (Å²) < 4.78 is 13.9. The Morgan fingerprint density at radius 1 is 1.30 bits per heavy atom. The first-order valence-electron chi connectivity index (χ1n) is 9.20. The molecule has 0 radical (unpaired) electrons. The summed E-state index contributed by atoms with van der Waals surface area (Å²) in [6.45, 7) is 7.07. The number of nitrogens with zero attached hydrogens (tertiary/aromatic N) is 2. The monoisotopic (exact) mass is 484 g/mol. The van der Waals surface area contributed by atoms with Crippen LogP contribution >= 0.6 is 24.0 Å². The van der Waals surface area contributed by atoms with Crippen LogP contribution in [-0.4, -0.2) is 36.8 Å². The van der Waals surface area contributed by atoms with Gasteiger partial charge in [-0.25, -0.2) is 0 Å². The molecule has 1 atom stereocenters. The molecular formula is C20H29IN4O2. The van der Waals surface area contributed by atoms with Crippen LogP contribution in [0.3, 0.4) is 0 Å². The van der Waals surface area contributed by atoms with Crippen molar-refractivity contribution in [1.82, 2.24) is 15.2 Å². The molecule has 2 N–H and O–H groups in total. The van der Waals surface area contributed by atoms with E-state index in [0.717, 1.165) is 42.5 Å². The first kappa shape index (κ1) is 21.4. The highest BCUT2D eigenvalue weighted by Crippen LogP contribution is 2.35. The van der Waals surface area contributed by atoms with Crippen molar-refractivity contribution in [3.8, 4) is 11.5 Å². The number of guanidine groups is 1. The summed E-state index contributed by atoms with van der Waals surface area (Å²) >= 11 is 0. The number of aromatic nitrogens is 1. The van der Waals surface area contributed by atoms with E-state index in [1.807, 2.05) is 19.1 Å². The van der Waals surface area contributed by atoms with Crippen molar-refractivity contribution < 1.29 is 9.47 Å². The molecule has 7 heteroatoms. The molecule has 0 aliphatic carbocycles. The van der Waals surface area contributed by atoms with Crippen LogP contribution in [-0.2, 0) is 19.5 Å². The number of fused-ring (bicyclic) bond motifs is 1. The van der Waals surface area contributed by atoms with E-state index in [0.29, 0.717) is 13.2 Å². The number of ether oxygens (including phenoxy) is 2. The maximum Gasteiger partial charge on any atom is 0.191 e. The van der Waals surface area contributed by atoms with Gasteiger partial charge in [0.05, 0.1) is 6.61 Å². The van der Waals surface area contributed by atoms with E-state index in [9.17, 15) is 0 Å². The molecule has 1 aromatic heterocycles. The molecule has 0 saturated carbocycles. The second-order valence-corrected chi connectivity index (χ2v) is 6.41. The fraction of sp³-hybridized carbons (Fsp3) is 0.450. The highest BCUT2D eigenvalue weighted by atomic mass is 127. The van der Waals surface area contributed by atoms with Crippen LogP contribution in [0.2, 0.25) is 0 Å². The lowest BCUT2D eigenvalue weighted by molar-refractivity contribution is 0.254. The number of hydrogen-bond acceptors (Lipinski definition) is 3. The quantitative estimate of drug-likeness (QED) is 0.360. The molecule has 1 unspecified atom stereocenters. The van der Waals surface area contributed by atoms with Gasteiger partial charge in [-0.3, -0.25) is 4.99 Å². The number of benzene rings is 1. The van der Waals surface area contributed by atoms with Crippen LogP contribution < -0.4 is 20.1 Å². The van der Waals surface area contributed by atoms with Gasteiger partial charge in [0.2, 0.25) is 0 Å². The lowest BCUT2D eigenvalue weighted by atomic mass is 10.1. The van der Waals surface area contributed by atoms with Crippen LogP contribution in [0.1, 0.15) is 25.0 Å². The van der Waals surface area contributed by atoms with Crippen molar-refractivity contribution in [1.29, 1.82) is 0 Å². The van der Waals surface area contributed by atoms with Crippen LogP contribution in [0.5, 0.6) is 11.5 Å². The van der Waals surface area contributed by atoms with E-state index in [2.05, 4.69) is 51.6 Å². The minimum Gasteiger partial charge on any atom is -0.494 e. The van der Waals surface area contributed by atoms with Gasteiger partial charge < -0.3 is 24.7 Å². The molecule has 0 spiro atoms. The number of halogens is 1. The van der Waals surface area contributed by atoms with E-state index in [4.69, 9.17) is 9.47 Å². The molecule has 1 aromatic carbocycles. The summed E-state index contributed by atoms with van der Waals surface area (Å²) in [5.41, 5.74) is 2.30. The van der Waals surface area contributed by atoms with Crippen LogP contribution in [0, 0.1) is 0 Å². The van der Waals surface area contributed by atoms with E-state index >= 15 is 0 Å². The Labute approximate surface area is 178 Å². The Balaban J connectivity index is 0.00000261. The fourth-order valence-corrected chi connectivity index (χ4v) is 3.13. The topological polar surface area (TPSA) is 59.8 Å². The summed E-state index contributed by atoms with van der Waals surface area (Å²) in [7, 11) is 1.78. The van der Waals surface area contributed by atoms with Gasteiger partial charge in [0.1, 0.15) is 17.6 Å². The molecule has 0 fully saturated rings. The van der Waals surface area contributed by atoms with Crippen molar-refractivity contribution in [3.63, 3.8) is 0 Å². The van der Waals surface area contributed by atoms with Crippen LogP contribution in [0.25, 0.3) is 0 Å². The highest BCUT2D eigenvalue weighted by Gasteiger charge is 2.21. The molecule has 0 bridgehead atoms. The zero-order valence-electron chi connectivity index (χ0n) is 16.2. The zero-order valence-corrected chi connectivity index (χ0v) is 18.5. The average molecular weight is 484 g/mol. The summed E-state index contributed by atoms with van der Waals surface area (Å²) in [4.78, 5) is 4.30. The highest BCUT2D eigenvalue weighted by molar-refractivity contribution is 14.0. The van der Waals surface area contributed by atoms with Crippen molar-refractivity contribution >= 4 is 29.9 Å². The first-order chi connectivity index (χ1) is 12.7. The van der Waals surface area contributed by atoms with Gasteiger partial charge in [-0.05, 0) is 38.1 Å². The number of hydrogen-bond donors (Lipinski definition) is 2. The third-order valence-electron chi connectivity index (χ3n) is 4.38. The zero-order chi connectivity index (χ0) is 18.4. The first-order valence-corrected chi connectivity index (χ1v) is 9.20. The summed E-state index contributed by atoms with van der Waals surface area (Å²) in [5.74, 6) is 2.65. The number of rotatable bonds is 7. The lowest BCUT2D eigenvalue weighted by Crippen LogP contribution is -2.38. The Kier molecular flexibility index (Phi) is 8.27. The Morgan fingerprint density at radius 3 is 2.78 bits per heavy atom. The largest absolute Gasteiger partial charge is 0.494 e. The Hall–Kier alpha value is -1.90. The third kappa shape index (κ3) is 5.79. The van der Waals surface area contributed by atoms with Crippen molar-refractivity contribution in [2.75, 3.05) is 20.2 Å². The van der Waals surface area contributed by atoms with Crippen molar-refractivity contribution in [3.05, 3.63) is 47.8 Å². The molecule has 3 rings (SSSR count). The molecule has 27 heavy (non-hydrogen) atoms. The number of nitrogens with one attached hydrogen (secondary N) is 2. The molecule has 1 aliphatic heterocycles. The van der Waals surface area contributed by atoms with E-state index < -0.39 is 0 Å². The van der Waals surface area contributed by atoms with Crippen LogP contribution in [0.15, 0.2) is 41.7 Å². The van der Waals surface area contributed by atoms with Gasteiger partial charge in [-0.2, -0.15) is 0 Å². The standard InChI is InChI=1S/C20H28N4O2.HI/c1-4-25-18-12-16-11-15(2)26-19(16)13-17(18)14-23-20(21-3)22-7-10-24-8-5-6-9-24;/h5-6,8-9,12-13,15H,4,7,10-11,14H2,1-3H3,(H2,21,22,23);1H. The third-order valence-corrected chi connectivity index (χ3v) is 4.38. The normalized spacial score (nSPS) is 15.5. The summed E-state index contributed by atoms with van der Waals surface area (Å²) in [6.07, 6.45) is 5.27. The maximum atomic E-state index is 5.89. The van der Waals surface area contributed by atoms with Gasteiger partial charge in [0.15, 0.2) is 5.96 Å². The van der Waals surface area contributed by atoms with Gasteiger partial charge in [0, 0.05) is 56.6 Å². The maximum absolute atomic E-state index is 5.89. The van der Waals surface area contributed by atoms with Gasteiger partial charge in [-0.1, -0.05) is 0 Å². The summed E-state index contributed by atoms with van der Waals surface area (Å²) in [6, 6.07) is 8.25. The Morgan fingerprint density at radius 2 is 2.07 bits per heavy atom. The lowest BCUT2D eigenvalue weighted by Gasteiger charge is -2.16. The van der Waals surface area contributed by atoms with Crippen molar-refractivity contribution in [2.45, 2.75) is 39.5 Å². The summed E-state index contributed by atoms with van der Waals surface area (Å²) in [5, 5.41) is 6.70. The van der Waals surface area contributed by atoms with E-state index in [1.54, 1.807) is 7.05 Å². The molecule has 148 valence electrons. The molecule has 2 aromatic rings. The molecular weight excluding hydrogens is 455 g/mol. The van der Waals surface area contributed by atoms with Gasteiger partial charge in [0.25, 0.3) is 0 Å². The molecule has 2 heterocycles. The Bertz CT molecular complexity index is 747. The van der Waals surface area contributed by atoms with Gasteiger partial charge in [-0.15, -0.1) is 24.0 Å². The molecule has 1 aliphatic rings. The minimum atomic E-state index is 0. The second-order valence-electron chi connectivity index (χ2n) is 6.41. The van der Waals surface area contributed by atoms with E-state index in [1.165, 1.54) is 5.56 Å².